The zero-order valence-electron chi connectivity index (χ0n) is 10.1. The lowest BCUT2D eigenvalue weighted by atomic mass is 9.97. The molecular formula is C15H12BrIO. The van der Waals surface area contributed by atoms with Gasteiger partial charge in [-0.25, -0.2) is 0 Å². The molecule has 0 aliphatic carbocycles. The van der Waals surface area contributed by atoms with Crippen LogP contribution in [0.1, 0.15) is 27.0 Å². The molecule has 18 heavy (non-hydrogen) atoms. The first kappa shape index (κ1) is 13.7. The number of carbonyl (C=O) groups excluding carboxylic acids is 1. The molecule has 0 N–H and O–H groups in total. The fraction of sp³-hybridized carbons (Fsp3) is 0.133. The summed E-state index contributed by atoms with van der Waals surface area (Å²) in [5, 5.41) is 0. The lowest BCUT2D eigenvalue weighted by Crippen LogP contribution is -2.06. The van der Waals surface area contributed by atoms with E-state index in [4.69, 9.17) is 0 Å². The van der Waals surface area contributed by atoms with E-state index in [1.54, 1.807) is 0 Å². The van der Waals surface area contributed by atoms with Crippen molar-refractivity contribution in [1.82, 2.24) is 0 Å². The molecular weight excluding hydrogens is 403 g/mol. The summed E-state index contributed by atoms with van der Waals surface area (Å²) >= 11 is 5.61. The smallest absolute Gasteiger partial charge is 0.194 e. The van der Waals surface area contributed by atoms with Gasteiger partial charge in [-0.05, 0) is 66.3 Å². The van der Waals surface area contributed by atoms with Crippen LogP contribution in [0.3, 0.4) is 0 Å². The van der Waals surface area contributed by atoms with Crippen LogP contribution in [-0.4, -0.2) is 5.78 Å². The second kappa shape index (κ2) is 5.53. The third-order valence-corrected chi connectivity index (χ3v) is 4.24. The van der Waals surface area contributed by atoms with E-state index in [1.807, 2.05) is 50.2 Å². The summed E-state index contributed by atoms with van der Waals surface area (Å²) in [7, 11) is 0. The van der Waals surface area contributed by atoms with Crippen molar-refractivity contribution in [2.45, 2.75) is 13.8 Å². The van der Waals surface area contributed by atoms with Crippen LogP contribution in [0.25, 0.3) is 0 Å². The Bertz CT molecular complexity index is 566. The fourth-order valence-corrected chi connectivity index (χ4v) is 2.74. The number of hydrogen-bond donors (Lipinski definition) is 0. The predicted octanol–water partition coefficient (Wildman–Crippen LogP) is 4.90. The lowest BCUT2D eigenvalue weighted by molar-refractivity contribution is 0.103. The first-order valence-electron chi connectivity index (χ1n) is 5.56. The molecule has 0 heterocycles. The average molecular weight is 415 g/mol. The molecule has 0 fully saturated rings. The maximum Gasteiger partial charge on any atom is 0.194 e. The van der Waals surface area contributed by atoms with Crippen molar-refractivity contribution in [3.05, 3.63) is 66.7 Å². The molecule has 0 aliphatic rings. The molecule has 2 aromatic rings. The van der Waals surface area contributed by atoms with Crippen LogP contribution in [0.2, 0.25) is 0 Å². The molecule has 0 spiro atoms. The van der Waals surface area contributed by atoms with E-state index in [2.05, 4.69) is 38.5 Å². The standard InChI is InChI=1S/C15H12BrIO/c1-9-3-4-10(2)12(7-9)15(18)13-8-11(16)5-6-14(13)17/h3-8H,1-2H3. The number of halogens is 2. The minimum absolute atomic E-state index is 0.0851. The Morgan fingerprint density at radius 2 is 1.78 bits per heavy atom. The molecule has 0 aliphatic heterocycles. The van der Waals surface area contributed by atoms with Crippen LogP contribution in [0, 0.1) is 17.4 Å². The van der Waals surface area contributed by atoms with Crippen LogP contribution in [-0.2, 0) is 0 Å². The second-order valence-electron chi connectivity index (χ2n) is 4.27. The first-order chi connectivity index (χ1) is 8.49. The molecule has 0 amide bonds. The molecule has 2 aromatic carbocycles. The normalized spacial score (nSPS) is 10.4. The van der Waals surface area contributed by atoms with E-state index in [9.17, 15) is 4.79 Å². The highest BCUT2D eigenvalue weighted by Crippen LogP contribution is 2.23. The molecule has 0 aromatic heterocycles. The van der Waals surface area contributed by atoms with Gasteiger partial charge in [0.1, 0.15) is 0 Å². The number of benzene rings is 2. The number of carbonyl (C=O) groups is 1. The van der Waals surface area contributed by atoms with Crippen molar-refractivity contribution in [2.24, 2.45) is 0 Å². The largest absolute Gasteiger partial charge is 0.289 e. The number of aryl methyl sites for hydroxylation is 2. The summed E-state index contributed by atoms with van der Waals surface area (Å²) in [6.45, 7) is 3.97. The van der Waals surface area contributed by atoms with Crippen LogP contribution < -0.4 is 0 Å². The van der Waals surface area contributed by atoms with Gasteiger partial charge in [0.15, 0.2) is 5.78 Å². The Labute approximate surface area is 129 Å². The van der Waals surface area contributed by atoms with E-state index in [-0.39, 0.29) is 5.78 Å². The van der Waals surface area contributed by atoms with E-state index < -0.39 is 0 Å². The Balaban J connectivity index is 2.54. The summed E-state index contributed by atoms with van der Waals surface area (Å²) in [4.78, 5) is 12.6. The lowest BCUT2D eigenvalue weighted by Gasteiger charge is -2.08. The van der Waals surface area contributed by atoms with Crippen molar-refractivity contribution < 1.29 is 4.79 Å². The third-order valence-electron chi connectivity index (χ3n) is 2.81. The maximum atomic E-state index is 12.6. The van der Waals surface area contributed by atoms with Crippen LogP contribution in [0.4, 0.5) is 0 Å². The highest BCUT2D eigenvalue weighted by atomic mass is 127. The summed E-state index contributed by atoms with van der Waals surface area (Å²) in [6.07, 6.45) is 0. The molecule has 0 atom stereocenters. The monoisotopic (exact) mass is 414 g/mol. The molecule has 2 rings (SSSR count). The second-order valence-corrected chi connectivity index (χ2v) is 6.35. The predicted molar refractivity (Wildman–Crippen MR) is 86.2 cm³/mol. The Morgan fingerprint density at radius 3 is 2.50 bits per heavy atom. The van der Waals surface area contributed by atoms with Gasteiger partial charge >= 0.3 is 0 Å². The van der Waals surface area contributed by atoms with E-state index >= 15 is 0 Å². The van der Waals surface area contributed by atoms with Crippen LogP contribution >= 0.6 is 38.5 Å². The van der Waals surface area contributed by atoms with Gasteiger partial charge in [0.05, 0.1) is 0 Å². The third kappa shape index (κ3) is 2.83. The topological polar surface area (TPSA) is 17.1 Å². The quantitative estimate of drug-likeness (QED) is 0.504. The molecule has 3 heteroatoms. The van der Waals surface area contributed by atoms with Crippen LogP contribution in [0.5, 0.6) is 0 Å². The molecule has 0 saturated carbocycles. The zero-order valence-corrected chi connectivity index (χ0v) is 13.9. The van der Waals surface area contributed by atoms with E-state index in [0.717, 1.165) is 30.3 Å². The van der Waals surface area contributed by atoms with Gasteiger partial charge in [0.25, 0.3) is 0 Å². The number of ketones is 1. The van der Waals surface area contributed by atoms with Gasteiger partial charge in [-0.1, -0.05) is 33.6 Å². The summed E-state index contributed by atoms with van der Waals surface area (Å²) in [6, 6.07) is 11.7. The molecule has 1 nitrogen and oxygen atoms in total. The number of hydrogen-bond acceptors (Lipinski definition) is 1. The molecule has 0 unspecified atom stereocenters. The summed E-state index contributed by atoms with van der Waals surface area (Å²) in [5.74, 6) is 0.0851. The Hall–Kier alpha value is -0.680. The molecule has 92 valence electrons. The molecule has 0 saturated heterocycles. The number of rotatable bonds is 2. The summed E-state index contributed by atoms with van der Waals surface area (Å²) < 4.78 is 1.90. The van der Waals surface area contributed by atoms with Crippen molar-refractivity contribution in [2.75, 3.05) is 0 Å². The van der Waals surface area contributed by atoms with E-state index in [0.29, 0.717) is 0 Å². The average Bonchev–Trinajstić information content (AvgIpc) is 2.34. The van der Waals surface area contributed by atoms with Crippen molar-refractivity contribution in [1.29, 1.82) is 0 Å². The Morgan fingerprint density at radius 1 is 1.06 bits per heavy atom. The van der Waals surface area contributed by atoms with Gasteiger partial charge in [-0.2, -0.15) is 0 Å². The minimum Gasteiger partial charge on any atom is -0.289 e. The van der Waals surface area contributed by atoms with Gasteiger partial charge < -0.3 is 0 Å². The first-order valence-corrected chi connectivity index (χ1v) is 7.43. The van der Waals surface area contributed by atoms with Crippen LogP contribution in [0.15, 0.2) is 40.9 Å². The Kier molecular flexibility index (Phi) is 4.22. The minimum atomic E-state index is 0.0851. The van der Waals surface area contributed by atoms with Gasteiger partial charge in [0.2, 0.25) is 0 Å². The van der Waals surface area contributed by atoms with E-state index in [1.165, 1.54) is 0 Å². The van der Waals surface area contributed by atoms with Crippen molar-refractivity contribution in [3.8, 4) is 0 Å². The fourth-order valence-electron chi connectivity index (χ4n) is 1.80. The van der Waals surface area contributed by atoms with Crippen molar-refractivity contribution in [3.63, 3.8) is 0 Å². The van der Waals surface area contributed by atoms with Gasteiger partial charge in [-0.15, -0.1) is 0 Å². The summed E-state index contributed by atoms with van der Waals surface area (Å²) in [5.41, 5.74) is 3.65. The van der Waals surface area contributed by atoms with Gasteiger partial charge in [-0.3, -0.25) is 4.79 Å². The highest BCUT2D eigenvalue weighted by Gasteiger charge is 2.15. The van der Waals surface area contributed by atoms with Crippen molar-refractivity contribution >= 4 is 44.3 Å². The highest BCUT2D eigenvalue weighted by molar-refractivity contribution is 14.1. The molecule has 0 radical (unpaired) electrons. The van der Waals surface area contributed by atoms with Gasteiger partial charge in [0, 0.05) is 19.2 Å². The molecule has 0 bridgehead atoms. The maximum absolute atomic E-state index is 12.6. The SMILES string of the molecule is Cc1ccc(C)c(C(=O)c2cc(Br)ccc2I)c1. The zero-order chi connectivity index (χ0) is 13.3.